The van der Waals surface area contributed by atoms with Crippen LogP contribution < -0.4 is 15.4 Å². The first-order valence-electron chi connectivity index (χ1n) is 9.26. The van der Waals surface area contributed by atoms with E-state index in [2.05, 4.69) is 30.8 Å². The molecule has 0 aliphatic carbocycles. The molecule has 148 valence electrons. The number of nitrogens with one attached hydrogen (secondary N) is 4. The number of H-pyrrole nitrogens is 2. The minimum absolute atomic E-state index is 0.222. The van der Waals surface area contributed by atoms with Crippen molar-refractivity contribution in [2.75, 3.05) is 18.5 Å². The summed E-state index contributed by atoms with van der Waals surface area (Å²) in [6, 6.07) is 6.98. The van der Waals surface area contributed by atoms with Crippen LogP contribution in [0.1, 0.15) is 33.9 Å². The quantitative estimate of drug-likeness (QED) is 0.450. The third-order valence-corrected chi connectivity index (χ3v) is 4.88. The third kappa shape index (κ3) is 2.89. The van der Waals surface area contributed by atoms with Gasteiger partial charge in [0, 0.05) is 6.54 Å². The van der Waals surface area contributed by atoms with E-state index in [1.54, 1.807) is 24.4 Å². The molecule has 5 heterocycles. The van der Waals surface area contributed by atoms with Crippen LogP contribution in [0.25, 0.3) is 22.9 Å². The number of carbonyl (C=O) groups is 2. The molecule has 2 bridgehead atoms. The number of hydrogen-bond acceptors (Lipinski definition) is 6. The Morgan fingerprint density at radius 1 is 1.17 bits per heavy atom. The van der Waals surface area contributed by atoms with Crippen LogP contribution in [0.2, 0.25) is 0 Å². The van der Waals surface area contributed by atoms with Gasteiger partial charge in [0.25, 0.3) is 11.8 Å². The molecule has 10 nitrogen and oxygen atoms in total. The Morgan fingerprint density at radius 2 is 2.07 bits per heavy atom. The normalized spacial score (nSPS) is 17.1. The van der Waals surface area contributed by atoms with Crippen molar-refractivity contribution < 1.29 is 14.3 Å². The van der Waals surface area contributed by atoms with E-state index in [-0.39, 0.29) is 28.6 Å². The number of amides is 2. The number of nitrogens with zero attached hydrogens (tertiary/aromatic N) is 3. The molecule has 0 radical (unpaired) electrons. The van der Waals surface area contributed by atoms with Gasteiger partial charge in [0.1, 0.15) is 17.5 Å². The first kappa shape index (κ1) is 17.7. The predicted octanol–water partition coefficient (Wildman–Crippen LogP) is 1.68. The van der Waals surface area contributed by atoms with Crippen LogP contribution in [0.5, 0.6) is 5.88 Å². The molecule has 0 spiro atoms. The number of anilines is 1. The Labute approximate surface area is 170 Å². The standard InChI is InChI=1S/C20H15N7O3/c21-8-10-6-11-16(24-10)7-12-17-15(26-19(12)29)3-2-14(25-17)13-9-23-27-20(13)30-5-1-4-22-18(11)28/h2-3,6-7,9,24H,1,4-5H2,(H,22,28)(H,23,27)(H,26,29)/b12-7-. The Kier molecular flexibility index (Phi) is 4.07. The summed E-state index contributed by atoms with van der Waals surface area (Å²) in [6.07, 6.45) is 3.72. The molecule has 0 aromatic carbocycles. The fraction of sp³-hybridized carbons (Fsp3) is 0.150. The van der Waals surface area contributed by atoms with E-state index < -0.39 is 0 Å². The van der Waals surface area contributed by atoms with Gasteiger partial charge in [-0.05, 0) is 30.7 Å². The summed E-state index contributed by atoms with van der Waals surface area (Å²) in [7, 11) is 0. The molecule has 0 atom stereocenters. The maximum atomic E-state index is 12.7. The molecule has 5 rings (SSSR count). The second kappa shape index (κ2) is 6.89. The van der Waals surface area contributed by atoms with Crippen molar-refractivity contribution >= 4 is 29.2 Å². The Balaban J connectivity index is 1.70. The highest BCUT2D eigenvalue weighted by molar-refractivity contribution is 6.34. The van der Waals surface area contributed by atoms with Crippen LogP contribution in [0, 0.1) is 11.3 Å². The summed E-state index contributed by atoms with van der Waals surface area (Å²) >= 11 is 0. The second-order valence-electron chi connectivity index (χ2n) is 6.80. The van der Waals surface area contributed by atoms with E-state index in [1.165, 1.54) is 6.07 Å². The van der Waals surface area contributed by atoms with E-state index in [1.807, 2.05) is 6.07 Å². The van der Waals surface area contributed by atoms with Crippen molar-refractivity contribution in [3.63, 3.8) is 0 Å². The van der Waals surface area contributed by atoms with Crippen LogP contribution in [0.3, 0.4) is 0 Å². The van der Waals surface area contributed by atoms with Crippen LogP contribution in [-0.4, -0.2) is 45.1 Å². The van der Waals surface area contributed by atoms with Gasteiger partial charge in [-0.1, -0.05) is 0 Å². The van der Waals surface area contributed by atoms with E-state index in [0.29, 0.717) is 53.8 Å². The van der Waals surface area contributed by atoms with E-state index in [0.717, 1.165) is 0 Å². The highest BCUT2D eigenvalue weighted by Crippen LogP contribution is 2.35. The summed E-state index contributed by atoms with van der Waals surface area (Å²) in [5, 5.41) is 21.7. The van der Waals surface area contributed by atoms with Crippen LogP contribution in [0.4, 0.5) is 5.69 Å². The van der Waals surface area contributed by atoms with Gasteiger partial charge in [-0.15, -0.1) is 0 Å². The van der Waals surface area contributed by atoms with E-state index in [9.17, 15) is 14.9 Å². The summed E-state index contributed by atoms with van der Waals surface area (Å²) in [4.78, 5) is 32.8. The van der Waals surface area contributed by atoms with Crippen molar-refractivity contribution in [1.29, 1.82) is 5.26 Å². The van der Waals surface area contributed by atoms with Crippen molar-refractivity contribution in [1.82, 2.24) is 25.5 Å². The molecule has 2 amide bonds. The Bertz CT molecular complexity index is 1260. The first-order valence-corrected chi connectivity index (χ1v) is 9.26. The van der Waals surface area contributed by atoms with Gasteiger partial charge < -0.3 is 20.4 Å². The topological polar surface area (TPSA) is 149 Å². The molecule has 10 heteroatoms. The SMILES string of the molecule is N#Cc1cc2c([nH]1)/C=C1\C(=O)Nc3ccc(nc31)-c1cn[nH]c1OCCCNC2=O. The minimum atomic E-state index is -0.350. The largest absolute Gasteiger partial charge is 0.477 e. The van der Waals surface area contributed by atoms with Crippen LogP contribution >= 0.6 is 0 Å². The lowest BCUT2D eigenvalue weighted by Gasteiger charge is -2.08. The zero-order valence-electron chi connectivity index (χ0n) is 15.6. The third-order valence-electron chi connectivity index (χ3n) is 4.88. The van der Waals surface area contributed by atoms with Gasteiger partial charge in [0.05, 0.1) is 46.6 Å². The molecule has 0 unspecified atom stereocenters. The van der Waals surface area contributed by atoms with Gasteiger partial charge in [0.2, 0.25) is 5.88 Å². The number of aromatic nitrogens is 4. The number of rotatable bonds is 0. The van der Waals surface area contributed by atoms with E-state index >= 15 is 0 Å². The summed E-state index contributed by atoms with van der Waals surface area (Å²) in [5.41, 5.74) is 3.41. The molecular formula is C20H15N7O3. The number of pyridine rings is 1. The average molecular weight is 401 g/mol. The fourth-order valence-electron chi connectivity index (χ4n) is 3.43. The monoisotopic (exact) mass is 401 g/mol. The molecule has 0 fully saturated rings. The maximum Gasteiger partial charge on any atom is 0.258 e. The number of fused-ring (bicyclic) bond motifs is 4. The number of nitriles is 1. The lowest BCUT2D eigenvalue weighted by Crippen LogP contribution is -2.25. The first-order chi connectivity index (χ1) is 14.6. The minimum Gasteiger partial charge on any atom is -0.477 e. The summed E-state index contributed by atoms with van der Waals surface area (Å²) in [5.74, 6) is -0.227. The molecule has 2 aliphatic heterocycles. The fourth-order valence-corrected chi connectivity index (χ4v) is 3.43. The van der Waals surface area contributed by atoms with Crippen molar-refractivity contribution in [2.24, 2.45) is 0 Å². The number of aromatic amines is 2. The van der Waals surface area contributed by atoms with Crippen molar-refractivity contribution in [3.05, 3.63) is 47.0 Å². The van der Waals surface area contributed by atoms with Gasteiger partial charge in [-0.3, -0.25) is 9.59 Å². The number of ether oxygens (including phenoxy) is 1. The maximum absolute atomic E-state index is 12.7. The van der Waals surface area contributed by atoms with Gasteiger partial charge in [-0.2, -0.15) is 10.4 Å². The average Bonchev–Trinajstić information content (AvgIpc) is 3.45. The molecule has 0 saturated heterocycles. The molecule has 30 heavy (non-hydrogen) atoms. The summed E-state index contributed by atoms with van der Waals surface area (Å²) in [6.45, 7) is 0.732. The molecular weight excluding hydrogens is 386 g/mol. The predicted molar refractivity (Wildman–Crippen MR) is 106 cm³/mol. The van der Waals surface area contributed by atoms with Gasteiger partial charge in [0.15, 0.2) is 0 Å². The summed E-state index contributed by atoms with van der Waals surface area (Å²) < 4.78 is 5.77. The lowest BCUT2D eigenvalue weighted by atomic mass is 10.1. The highest BCUT2D eigenvalue weighted by atomic mass is 16.5. The van der Waals surface area contributed by atoms with E-state index in [4.69, 9.17) is 4.74 Å². The smallest absolute Gasteiger partial charge is 0.258 e. The second-order valence-corrected chi connectivity index (χ2v) is 6.80. The molecule has 3 aromatic rings. The van der Waals surface area contributed by atoms with Crippen molar-refractivity contribution in [2.45, 2.75) is 6.42 Å². The molecule has 0 saturated carbocycles. The molecule has 4 N–H and O–H groups in total. The Morgan fingerprint density at radius 3 is 2.93 bits per heavy atom. The molecule has 2 aliphatic rings. The Hall–Kier alpha value is -4.39. The lowest BCUT2D eigenvalue weighted by molar-refractivity contribution is -0.110. The van der Waals surface area contributed by atoms with Crippen LogP contribution in [-0.2, 0) is 4.79 Å². The van der Waals surface area contributed by atoms with Gasteiger partial charge >= 0.3 is 0 Å². The van der Waals surface area contributed by atoms with Crippen molar-refractivity contribution in [3.8, 4) is 23.2 Å². The highest BCUT2D eigenvalue weighted by Gasteiger charge is 2.28. The zero-order chi connectivity index (χ0) is 20.7. The van der Waals surface area contributed by atoms with Gasteiger partial charge in [-0.25, -0.2) is 10.1 Å². The number of hydrogen-bond donors (Lipinski definition) is 4. The number of carbonyl (C=O) groups excluding carboxylic acids is 2. The van der Waals surface area contributed by atoms with Crippen LogP contribution in [0.15, 0.2) is 24.4 Å². The molecule has 3 aromatic heterocycles. The zero-order valence-corrected chi connectivity index (χ0v) is 15.6.